The summed E-state index contributed by atoms with van der Waals surface area (Å²) in [6, 6.07) is 6.23. The molecule has 0 aromatic heterocycles. The monoisotopic (exact) mass is 268 g/mol. The number of nitrogens with zero attached hydrogens (tertiary/aromatic N) is 1. The van der Waals surface area contributed by atoms with Gasteiger partial charge in [0.15, 0.2) is 0 Å². The third-order valence-corrected chi connectivity index (χ3v) is 3.42. The van der Waals surface area contributed by atoms with Crippen molar-refractivity contribution in [3.05, 3.63) is 28.8 Å². The van der Waals surface area contributed by atoms with E-state index in [0.29, 0.717) is 6.04 Å². The van der Waals surface area contributed by atoms with E-state index in [1.807, 2.05) is 18.2 Å². The summed E-state index contributed by atoms with van der Waals surface area (Å²) in [5.41, 5.74) is 1.19. The average molecular weight is 269 g/mol. The minimum absolute atomic E-state index is 0.370. The van der Waals surface area contributed by atoms with Gasteiger partial charge in [-0.2, -0.15) is 0 Å². The summed E-state index contributed by atoms with van der Waals surface area (Å²) in [5, 5.41) is 4.37. The van der Waals surface area contributed by atoms with Gasteiger partial charge in [0.05, 0.1) is 6.61 Å². The first-order valence-corrected chi connectivity index (χ1v) is 6.85. The Balaban J connectivity index is 1.93. The van der Waals surface area contributed by atoms with Crippen LogP contribution < -0.4 is 10.1 Å². The van der Waals surface area contributed by atoms with Gasteiger partial charge in [-0.15, -0.1) is 0 Å². The maximum absolute atomic E-state index is 6.05. The third-order valence-electron chi connectivity index (χ3n) is 3.18. The van der Waals surface area contributed by atoms with Crippen molar-refractivity contribution < 1.29 is 4.74 Å². The van der Waals surface area contributed by atoms with E-state index < -0.39 is 0 Å². The highest BCUT2D eigenvalue weighted by molar-refractivity contribution is 6.30. The number of halogens is 1. The van der Waals surface area contributed by atoms with E-state index in [1.54, 1.807) is 0 Å². The molecule has 0 saturated carbocycles. The molecule has 1 aliphatic rings. The molecule has 0 saturated heterocycles. The van der Waals surface area contributed by atoms with Gasteiger partial charge in [0.25, 0.3) is 0 Å². The predicted molar refractivity (Wildman–Crippen MR) is 75.5 cm³/mol. The van der Waals surface area contributed by atoms with Crippen LogP contribution in [0, 0.1) is 0 Å². The van der Waals surface area contributed by atoms with Crippen molar-refractivity contribution in [3.8, 4) is 5.75 Å². The summed E-state index contributed by atoms with van der Waals surface area (Å²) in [7, 11) is 4.20. The lowest BCUT2D eigenvalue weighted by Gasteiger charge is -2.27. The molecule has 3 nitrogen and oxygen atoms in total. The van der Waals surface area contributed by atoms with Gasteiger partial charge in [-0.25, -0.2) is 0 Å². The van der Waals surface area contributed by atoms with Gasteiger partial charge in [0, 0.05) is 23.0 Å². The number of hydrogen-bond donors (Lipinski definition) is 1. The van der Waals surface area contributed by atoms with Crippen LogP contribution in [0.2, 0.25) is 5.02 Å². The van der Waals surface area contributed by atoms with E-state index >= 15 is 0 Å². The summed E-state index contributed by atoms with van der Waals surface area (Å²) in [6.07, 6.45) is 2.16. The molecule has 0 aliphatic carbocycles. The summed E-state index contributed by atoms with van der Waals surface area (Å²) in [5.74, 6) is 0.968. The molecule has 1 atom stereocenters. The third kappa shape index (κ3) is 3.61. The van der Waals surface area contributed by atoms with Crippen molar-refractivity contribution in [2.45, 2.75) is 18.9 Å². The molecule has 18 heavy (non-hydrogen) atoms. The van der Waals surface area contributed by atoms with Crippen LogP contribution in [0.1, 0.15) is 24.4 Å². The van der Waals surface area contributed by atoms with Crippen LogP contribution in [-0.2, 0) is 0 Å². The largest absolute Gasteiger partial charge is 0.493 e. The molecule has 1 N–H and O–H groups in total. The lowest BCUT2D eigenvalue weighted by Crippen LogP contribution is -2.29. The number of nitrogens with one attached hydrogen (secondary N) is 1. The Hall–Kier alpha value is -0.770. The van der Waals surface area contributed by atoms with Crippen LogP contribution in [-0.4, -0.2) is 38.7 Å². The number of hydrogen-bond acceptors (Lipinski definition) is 3. The van der Waals surface area contributed by atoms with Gasteiger partial charge in [0.2, 0.25) is 0 Å². The van der Waals surface area contributed by atoms with E-state index in [-0.39, 0.29) is 0 Å². The van der Waals surface area contributed by atoms with Crippen molar-refractivity contribution in [2.24, 2.45) is 0 Å². The minimum atomic E-state index is 0.370. The summed E-state index contributed by atoms with van der Waals surface area (Å²) >= 11 is 6.05. The van der Waals surface area contributed by atoms with Gasteiger partial charge in [-0.3, -0.25) is 0 Å². The SMILES string of the molecule is CN(C)CCCNC1CCOc2ccc(Cl)cc21. The molecule has 2 rings (SSSR count). The fraction of sp³-hybridized carbons (Fsp3) is 0.571. The average Bonchev–Trinajstić information content (AvgIpc) is 2.34. The van der Waals surface area contributed by atoms with Crippen molar-refractivity contribution in [3.63, 3.8) is 0 Å². The molecule has 0 radical (unpaired) electrons. The van der Waals surface area contributed by atoms with Crippen molar-refractivity contribution in [1.82, 2.24) is 10.2 Å². The standard InChI is InChI=1S/C14H21ClN2O/c1-17(2)8-3-7-16-13-6-9-18-14-5-4-11(15)10-12(13)14/h4-5,10,13,16H,3,6-9H2,1-2H3. The Morgan fingerprint density at radius 2 is 2.28 bits per heavy atom. The van der Waals surface area contributed by atoms with E-state index in [1.165, 1.54) is 5.56 Å². The topological polar surface area (TPSA) is 24.5 Å². The van der Waals surface area contributed by atoms with Gasteiger partial charge >= 0.3 is 0 Å². The number of fused-ring (bicyclic) bond motifs is 1. The lowest BCUT2D eigenvalue weighted by molar-refractivity contribution is 0.251. The molecule has 4 heteroatoms. The predicted octanol–water partition coefficient (Wildman–Crippen LogP) is 2.70. The quantitative estimate of drug-likeness (QED) is 0.831. The van der Waals surface area contributed by atoms with Crippen LogP contribution in [0.3, 0.4) is 0 Å². The first kappa shape index (κ1) is 13.7. The van der Waals surface area contributed by atoms with Gasteiger partial charge in [0.1, 0.15) is 5.75 Å². The highest BCUT2D eigenvalue weighted by atomic mass is 35.5. The Morgan fingerprint density at radius 3 is 3.06 bits per heavy atom. The number of benzene rings is 1. The molecule has 1 unspecified atom stereocenters. The highest BCUT2D eigenvalue weighted by Crippen LogP contribution is 2.33. The van der Waals surface area contributed by atoms with Crippen LogP contribution >= 0.6 is 11.6 Å². The second kappa shape index (κ2) is 6.41. The summed E-state index contributed by atoms with van der Waals surface area (Å²) in [4.78, 5) is 2.20. The zero-order valence-corrected chi connectivity index (χ0v) is 11.8. The maximum atomic E-state index is 6.05. The van der Waals surface area contributed by atoms with Crippen molar-refractivity contribution in [1.29, 1.82) is 0 Å². The number of rotatable bonds is 5. The van der Waals surface area contributed by atoms with Gasteiger partial charge in [-0.1, -0.05) is 11.6 Å². The molecular weight excluding hydrogens is 248 g/mol. The summed E-state index contributed by atoms with van der Waals surface area (Å²) < 4.78 is 5.65. The normalized spacial score (nSPS) is 18.6. The van der Waals surface area contributed by atoms with E-state index in [4.69, 9.17) is 16.3 Å². The first-order chi connectivity index (χ1) is 8.66. The molecular formula is C14H21ClN2O. The minimum Gasteiger partial charge on any atom is -0.493 e. The highest BCUT2D eigenvalue weighted by Gasteiger charge is 2.20. The molecule has 1 aromatic carbocycles. The van der Waals surface area contributed by atoms with Gasteiger partial charge < -0.3 is 15.0 Å². The van der Waals surface area contributed by atoms with E-state index in [9.17, 15) is 0 Å². The second-order valence-electron chi connectivity index (χ2n) is 4.98. The number of ether oxygens (including phenoxy) is 1. The van der Waals surface area contributed by atoms with Gasteiger partial charge in [-0.05, 0) is 51.8 Å². The molecule has 0 fully saturated rings. The fourth-order valence-electron chi connectivity index (χ4n) is 2.25. The van der Waals surface area contributed by atoms with Crippen LogP contribution in [0.4, 0.5) is 0 Å². The Morgan fingerprint density at radius 1 is 1.44 bits per heavy atom. The zero-order valence-electron chi connectivity index (χ0n) is 11.1. The van der Waals surface area contributed by atoms with Crippen molar-refractivity contribution >= 4 is 11.6 Å². The van der Waals surface area contributed by atoms with Crippen LogP contribution in [0.25, 0.3) is 0 Å². The fourth-order valence-corrected chi connectivity index (χ4v) is 2.43. The van der Waals surface area contributed by atoms with E-state index in [0.717, 1.165) is 43.3 Å². The Labute approximate surface area is 114 Å². The maximum Gasteiger partial charge on any atom is 0.124 e. The molecule has 0 bridgehead atoms. The Bertz CT molecular complexity index is 395. The van der Waals surface area contributed by atoms with Crippen molar-refractivity contribution in [2.75, 3.05) is 33.8 Å². The summed E-state index contributed by atoms with van der Waals surface area (Å²) in [6.45, 7) is 2.91. The molecule has 100 valence electrons. The molecule has 0 amide bonds. The first-order valence-electron chi connectivity index (χ1n) is 6.47. The lowest BCUT2D eigenvalue weighted by atomic mass is 10.0. The second-order valence-corrected chi connectivity index (χ2v) is 5.42. The van der Waals surface area contributed by atoms with Crippen LogP contribution in [0.5, 0.6) is 5.75 Å². The smallest absolute Gasteiger partial charge is 0.124 e. The van der Waals surface area contributed by atoms with Crippen LogP contribution in [0.15, 0.2) is 18.2 Å². The molecule has 1 heterocycles. The molecule has 1 aliphatic heterocycles. The Kier molecular flexibility index (Phi) is 4.87. The molecule has 1 aromatic rings. The van der Waals surface area contributed by atoms with E-state index in [2.05, 4.69) is 24.3 Å². The molecule has 0 spiro atoms. The zero-order chi connectivity index (χ0) is 13.0.